The molecule has 1 rings (SSSR count). The lowest BCUT2D eigenvalue weighted by Gasteiger charge is -2.28. The van der Waals surface area contributed by atoms with Crippen LogP contribution in [0.1, 0.15) is 19.8 Å². The van der Waals surface area contributed by atoms with E-state index in [-0.39, 0.29) is 12.0 Å². The summed E-state index contributed by atoms with van der Waals surface area (Å²) in [4.78, 5) is 12.8. The van der Waals surface area contributed by atoms with E-state index in [0.717, 1.165) is 19.4 Å². The number of rotatable bonds is 0. The van der Waals surface area contributed by atoms with E-state index in [1.54, 1.807) is 11.8 Å². The van der Waals surface area contributed by atoms with Crippen molar-refractivity contribution in [2.75, 3.05) is 13.1 Å². The Morgan fingerprint density at radius 2 is 2.42 bits per heavy atom. The van der Waals surface area contributed by atoms with Crippen LogP contribution in [-0.2, 0) is 4.79 Å². The molecule has 0 aromatic carbocycles. The maximum atomic E-state index is 11.2. The largest absolute Gasteiger partial charge is 0.391 e. The van der Waals surface area contributed by atoms with Gasteiger partial charge in [-0.15, -0.1) is 0 Å². The van der Waals surface area contributed by atoms with Crippen LogP contribution in [0.25, 0.3) is 0 Å². The molecule has 1 heterocycles. The highest BCUT2D eigenvalue weighted by molar-refractivity contribution is 5.93. The van der Waals surface area contributed by atoms with Crippen LogP contribution in [-0.4, -0.2) is 35.1 Å². The molecule has 1 atom stereocenters. The molecule has 66 valence electrons. The van der Waals surface area contributed by atoms with E-state index < -0.39 is 0 Å². The number of amides is 1. The fourth-order valence-corrected chi connectivity index (χ4v) is 1.33. The normalized spacial score (nSPS) is 22.8. The third-order valence-corrected chi connectivity index (χ3v) is 1.92. The molecule has 1 aliphatic heterocycles. The number of aliphatic hydroxyl groups excluding tert-OH is 1. The standard InChI is InChI=1S/C9H13NO2/c1-2-4-9(12)10-6-3-5-8(11)7-10/h8,11H,3,5-7H2,1H3. The van der Waals surface area contributed by atoms with Gasteiger partial charge in [-0.05, 0) is 25.7 Å². The average molecular weight is 167 g/mol. The van der Waals surface area contributed by atoms with E-state index >= 15 is 0 Å². The number of hydrogen-bond donors (Lipinski definition) is 1. The first-order valence-corrected chi connectivity index (χ1v) is 4.13. The van der Waals surface area contributed by atoms with Gasteiger partial charge in [0, 0.05) is 13.1 Å². The summed E-state index contributed by atoms with van der Waals surface area (Å²) in [6.07, 6.45) is 1.31. The fourth-order valence-electron chi connectivity index (χ4n) is 1.33. The number of likely N-dealkylation sites (tertiary alicyclic amines) is 1. The fraction of sp³-hybridized carbons (Fsp3) is 0.667. The van der Waals surface area contributed by atoms with Crippen molar-refractivity contribution in [3.63, 3.8) is 0 Å². The Balaban J connectivity index is 2.49. The van der Waals surface area contributed by atoms with E-state index in [4.69, 9.17) is 0 Å². The summed E-state index contributed by atoms with van der Waals surface area (Å²) < 4.78 is 0. The quantitative estimate of drug-likeness (QED) is 0.516. The van der Waals surface area contributed by atoms with Crippen molar-refractivity contribution >= 4 is 5.91 Å². The van der Waals surface area contributed by atoms with Gasteiger partial charge >= 0.3 is 0 Å². The summed E-state index contributed by atoms with van der Waals surface area (Å²) in [6, 6.07) is 0. The molecule has 0 spiro atoms. The molecule has 1 aliphatic rings. The Bertz CT molecular complexity index is 226. The van der Waals surface area contributed by atoms with Crippen LogP contribution in [0.2, 0.25) is 0 Å². The molecule has 1 fully saturated rings. The summed E-state index contributed by atoms with van der Waals surface area (Å²) in [5.74, 6) is 4.85. The zero-order chi connectivity index (χ0) is 8.97. The van der Waals surface area contributed by atoms with Crippen LogP contribution in [0.4, 0.5) is 0 Å². The lowest BCUT2D eigenvalue weighted by molar-refractivity contribution is -0.128. The van der Waals surface area contributed by atoms with Crippen molar-refractivity contribution in [1.29, 1.82) is 0 Å². The highest BCUT2D eigenvalue weighted by atomic mass is 16.3. The number of aliphatic hydroxyl groups is 1. The molecule has 0 saturated carbocycles. The second kappa shape index (κ2) is 4.13. The van der Waals surface area contributed by atoms with Crippen molar-refractivity contribution in [3.05, 3.63) is 0 Å². The smallest absolute Gasteiger partial charge is 0.298 e. The molecule has 0 radical (unpaired) electrons. The zero-order valence-corrected chi connectivity index (χ0v) is 7.21. The minimum Gasteiger partial charge on any atom is -0.391 e. The molecule has 3 heteroatoms. The van der Waals surface area contributed by atoms with E-state index in [0.29, 0.717) is 6.54 Å². The molecule has 1 unspecified atom stereocenters. The molecule has 1 amide bonds. The number of β-amino-alcohol motifs (C(OH)–C–C–N with tert-alkyl or cyclic N) is 1. The van der Waals surface area contributed by atoms with Gasteiger partial charge in [-0.2, -0.15) is 0 Å². The number of piperidine rings is 1. The molecule has 1 saturated heterocycles. The van der Waals surface area contributed by atoms with Crippen molar-refractivity contribution in [2.24, 2.45) is 0 Å². The summed E-state index contributed by atoms with van der Waals surface area (Å²) >= 11 is 0. The number of carbonyl (C=O) groups excluding carboxylic acids is 1. The van der Waals surface area contributed by atoms with Gasteiger partial charge in [0.15, 0.2) is 0 Å². The minimum atomic E-state index is -0.360. The second-order valence-corrected chi connectivity index (χ2v) is 2.92. The molecule has 12 heavy (non-hydrogen) atoms. The zero-order valence-electron chi connectivity index (χ0n) is 7.21. The minimum absolute atomic E-state index is 0.170. The second-order valence-electron chi connectivity index (χ2n) is 2.92. The van der Waals surface area contributed by atoms with Gasteiger partial charge in [0.25, 0.3) is 5.91 Å². The van der Waals surface area contributed by atoms with Crippen molar-refractivity contribution in [3.8, 4) is 11.8 Å². The van der Waals surface area contributed by atoms with Crippen LogP contribution in [0, 0.1) is 11.8 Å². The topological polar surface area (TPSA) is 40.5 Å². The third-order valence-electron chi connectivity index (χ3n) is 1.92. The summed E-state index contributed by atoms with van der Waals surface area (Å²) in [5.41, 5.74) is 0. The molecule has 3 nitrogen and oxygen atoms in total. The number of nitrogens with zero attached hydrogens (tertiary/aromatic N) is 1. The molecular weight excluding hydrogens is 154 g/mol. The SMILES string of the molecule is CC#CC(=O)N1CCCC(O)C1. The van der Waals surface area contributed by atoms with Crippen molar-refractivity contribution < 1.29 is 9.90 Å². The van der Waals surface area contributed by atoms with E-state index in [2.05, 4.69) is 11.8 Å². The van der Waals surface area contributed by atoms with Gasteiger partial charge < -0.3 is 10.0 Å². The highest BCUT2D eigenvalue weighted by Gasteiger charge is 2.20. The predicted molar refractivity (Wildman–Crippen MR) is 45.3 cm³/mol. The van der Waals surface area contributed by atoms with Gasteiger partial charge in [0.2, 0.25) is 0 Å². The Morgan fingerprint density at radius 1 is 1.67 bits per heavy atom. The summed E-state index contributed by atoms with van der Waals surface area (Å²) in [6.45, 7) is 2.80. The van der Waals surface area contributed by atoms with Gasteiger partial charge in [0.1, 0.15) is 0 Å². The lowest BCUT2D eigenvalue weighted by atomic mass is 10.1. The summed E-state index contributed by atoms with van der Waals surface area (Å²) in [7, 11) is 0. The maximum Gasteiger partial charge on any atom is 0.298 e. The first kappa shape index (κ1) is 9.08. The Hall–Kier alpha value is -1.01. The average Bonchev–Trinajstić information content (AvgIpc) is 2.05. The molecule has 1 N–H and O–H groups in total. The monoisotopic (exact) mass is 167 g/mol. The van der Waals surface area contributed by atoms with Crippen molar-refractivity contribution in [2.45, 2.75) is 25.9 Å². The van der Waals surface area contributed by atoms with Crippen molar-refractivity contribution in [1.82, 2.24) is 4.90 Å². The summed E-state index contributed by atoms with van der Waals surface area (Å²) in [5, 5.41) is 9.25. The Kier molecular flexibility index (Phi) is 3.12. The van der Waals surface area contributed by atoms with Gasteiger partial charge in [-0.3, -0.25) is 4.79 Å². The van der Waals surface area contributed by atoms with Crippen LogP contribution >= 0.6 is 0 Å². The van der Waals surface area contributed by atoms with Crippen LogP contribution in [0.5, 0.6) is 0 Å². The molecule has 0 aromatic rings. The van der Waals surface area contributed by atoms with Gasteiger partial charge in [-0.25, -0.2) is 0 Å². The Labute approximate surface area is 72.4 Å². The van der Waals surface area contributed by atoms with E-state index in [1.165, 1.54) is 0 Å². The molecule has 0 bridgehead atoms. The molecule has 0 aliphatic carbocycles. The van der Waals surface area contributed by atoms with Crippen LogP contribution in [0.3, 0.4) is 0 Å². The maximum absolute atomic E-state index is 11.2. The van der Waals surface area contributed by atoms with E-state index in [1.807, 2.05) is 0 Å². The van der Waals surface area contributed by atoms with Crippen LogP contribution in [0.15, 0.2) is 0 Å². The highest BCUT2D eigenvalue weighted by Crippen LogP contribution is 2.09. The van der Waals surface area contributed by atoms with Gasteiger partial charge in [0.05, 0.1) is 6.10 Å². The number of carbonyl (C=O) groups is 1. The Morgan fingerprint density at radius 3 is 3.00 bits per heavy atom. The van der Waals surface area contributed by atoms with Gasteiger partial charge in [-0.1, -0.05) is 5.92 Å². The predicted octanol–water partition coefficient (Wildman–Crippen LogP) is -0.00700. The number of hydrogen-bond acceptors (Lipinski definition) is 2. The third kappa shape index (κ3) is 2.24. The van der Waals surface area contributed by atoms with E-state index in [9.17, 15) is 9.90 Å². The first-order valence-electron chi connectivity index (χ1n) is 4.13. The molecular formula is C9H13NO2. The lowest BCUT2D eigenvalue weighted by Crippen LogP contribution is -2.41. The first-order chi connectivity index (χ1) is 5.74. The van der Waals surface area contributed by atoms with Crippen LogP contribution < -0.4 is 0 Å². The molecule has 0 aromatic heterocycles.